The molecule has 0 aliphatic rings. The summed E-state index contributed by atoms with van der Waals surface area (Å²) in [5.41, 5.74) is 0. The van der Waals surface area contributed by atoms with Crippen LogP contribution in [0.4, 0.5) is 0 Å². The van der Waals surface area contributed by atoms with Crippen LogP contribution < -0.4 is 0 Å². The average Bonchev–Trinajstić information content (AvgIpc) is 1.41. The van der Waals surface area contributed by atoms with E-state index in [0.717, 1.165) is 21.8 Å². The van der Waals surface area contributed by atoms with Crippen molar-refractivity contribution < 1.29 is 4.79 Å². The van der Waals surface area contributed by atoms with Crippen molar-refractivity contribution in [1.29, 1.82) is 0 Å². The Balaban J connectivity index is 2.93. The molecule has 2 heteroatoms. The van der Waals surface area contributed by atoms with E-state index in [4.69, 9.17) is 0 Å². The molecule has 0 bridgehead atoms. The Morgan fingerprint density at radius 2 is 2.60 bits per heavy atom. The predicted molar refractivity (Wildman–Crippen MR) is 25.0 cm³/mol. The van der Waals surface area contributed by atoms with Crippen molar-refractivity contribution in [3.63, 3.8) is 0 Å². The molecule has 0 N–H and O–H groups in total. The summed E-state index contributed by atoms with van der Waals surface area (Å²) in [6, 6.07) is 0. The fraction of sp³-hybridized carbons (Fsp3) is 0.333. The van der Waals surface area contributed by atoms with Crippen LogP contribution in [0.1, 0.15) is 0 Å². The fourth-order valence-corrected chi connectivity index (χ4v) is 0.433. The molecule has 0 unspecified atom stereocenters. The fourth-order valence-electron chi connectivity index (χ4n) is 0.0833. The molecule has 0 aliphatic carbocycles. The van der Waals surface area contributed by atoms with Crippen LogP contribution in [-0.4, -0.2) is 22.5 Å². The Bertz CT molecular complexity index is 53.9. The van der Waals surface area contributed by atoms with Gasteiger partial charge in [0.1, 0.15) is 0 Å². The number of hydrogen-bond donors (Lipinski definition) is 0. The molecule has 0 rings (SSSR count). The monoisotopic (exact) mass is 132 g/mol. The molecule has 0 radical (unpaired) electrons. The molecular formula is C3H6GeO. The maximum absolute atomic E-state index is 9.25. The van der Waals surface area contributed by atoms with Crippen LogP contribution in [0, 0.1) is 0 Å². The molecule has 0 amide bonds. The van der Waals surface area contributed by atoms with Crippen LogP contribution >= 0.6 is 0 Å². The van der Waals surface area contributed by atoms with Crippen LogP contribution in [0.25, 0.3) is 0 Å². The first-order valence-electron chi connectivity index (χ1n) is 1.61. The first-order chi connectivity index (χ1) is 2.41. The van der Waals surface area contributed by atoms with Gasteiger partial charge >= 0.3 is 38.6 Å². The van der Waals surface area contributed by atoms with E-state index in [1.807, 2.05) is 0 Å². The first-order valence-corrected chi connectivity index (χ1v) is 4.58. The molecule has 0 aromatic rings. The van der Waals surface area contributed by atoms with Crippen molar-refractivity contribution in [3.05, 3.63) is 6.08 Å². The number of rotatable bonds is 1. The van der Waals surface area contributed by atoms with Crippen molar-refractivity contribution in [2.75, 3.05) is 0 Å². The predicted octanol–water partition coefficient (Wildman–Crippen LogP) is -0.842. The first kappa shape index (κ1) is 4.99. The van der Waals surface area contributed by atoms with Gasteiger partial charge in [0.15, 0.2) is 0 Å². The Kier molecular flexibility index (Phi) is 3.99. The second kappa shape index (κ2) is 3.99. The molecule has 0 heterocycles. The topological polar surface area (TPSA) is 17.1 Å². The minimum absolute atomic E-state index is 0.796. The Morgan fingerprint density at radius 1 is 2.00 bits per heavy atom. The summed E-state index contributed by atoms with van der Waals surface area (Å²) < 4.78 is 0. The Hall–Kier alpha value is -0.00714. The minimum atomic E-state index is 0.796. The molecule has 0 atom stereocenters. The second-order valence-electron chi connectivity index (χ2n) is 0.730. The third-order valence-electron chi connectivity index (χ3n) is 0.287. The van der Waals surface area contributed by atoms with Crippen molar-refractivity contribution in [2.24, 2.45) is 0 Å². The SMILES string of the molecule is O=C=C[CH2][GeH3]. The second-order valence-corrected chi connectivity index (χ2v) is 2.44. The van der Waals surface area contributed by atoms with Crippen LogP contribution in [0.5, 0.6) is 0 Å². The number of allylic oxidation sites excluding steroid dienone is 1. The molecule has 1 nitrogen and oxygen atoms in total. The summed E-state index contributed by atoms with van der Waals surface area (Å²) in [5.74, 6) is 1.69. The normalized spacial score (nSPS) is 6.40. The van der Waals surface area contributed by atoms with E-state index >= 15 is 0 Å². The van der Waals surface area contributed by atoms with E-state index < -0.39 is 0 Å². The quantitative estimate of drug-likeness (QED) is 0.334. The van der Waals surface area contributed by atoms with Gasteiger partial charge in [0.25, 0.3) is 0 Å². The van der Waals surface area contributed by atoms with Gasteiger partial charge in [-0.1, -0.05) is 0 Å². The van der Waals surface area contributed by atoms with Gasteiger partial charge in [-0.15, -0.1) is 0 Å². The van der Waals surface area contributed by atoms with Gasteiger partial charge in [0.05, 0.1) is 0 Å². The van der Waals surface area contributed by atoms with E-state index in [1.165, 1.54) is 6.08 Å². The third-order valence-corrected chi connectivity index (χ3v) is 1.14. The molecule has 0 aromatic carbocycles. The van der Waals surface area contributed by atoms with E-state index in [0.29, 0.717) is 0 Å². The summed E-state index contributed by atoms with van der Waals surface area (Å²) in [6.45, 7) is 0. The summed E-state index contributed by atoms with van der Waals surface area (Å²) in [6.07, 6.45) is 1.53. The van der Waals surface area contributed by atoms with E-state index in [1.54, 1.807) is 5.94 Å². The molecular weight excluding hydrogens is 125 g/mol. The standard InChI is InChI=1S/C3H6GeO/c4-2-1-3-5/h1H,2H2,4H3. The maximum atomic E-state index is 9.25. The molecule has 0 spiro atoms. The Labute approximate surface area is 39.3 Å². The van der Waals surface area contributed by atoms with Gasteiger partial charge < -0.3 is 0 Å². The van der Waals surface area contributed by atoms with Gasteiger partial charge in [-0.3, -0.25) is 0 Å². The summed E-state index contributed by atoms with van der Waals surface area (Å²) in [4.78, 5) is 9.25. The van der Waals surface area contributed by atoms with Crippen LogP contribution in [-0.2, 0) is 4.79 Å². The zero-order valence-corrected chi connectivity index (χ0v) is 7.39. The molecule has 28 valence electrons. The third kappa shape index (κ3) is 3.99. The van der Waals surface area contributed by atoms with Crippen molar-refractivity contribution in [2.45, 2.75) is 5.25 Å². The Morgan fingerprint density at radius 3 is 2.60 bits per heavy atom. The summed E-state index contributed by atoms with van der Waals surface area (Å²) >= 11 is 0.796. The molecule has 0 aliphatic heterocycles. The van der Waals surface area contributed by atoms with Crippen molar-refractivity contribution >= 4 is 22.5 Å². The van der Waals surface area contributed by atoms with Gasteiger partial charge in [-0.05, 0) is 0 Å². The van der Waals surface area contributed by atoms with Crippen molar-refractivity contribution in [3.8, 4) is 0 Å². The zero-order valence-electron chi connectivity index (χ0n) is 3.19. The van der Waals surface area contributed by atoms with E-state index in [-0.39, 0.29) is 0 Å². The summed E-state index contributed by atoms with van der Waals surface area (Å²) in [7, 11) is 0. The van der Waals surface area contributed by atoms with Gasteiger partial charge in [-0.2, -0.15) is 0 Å². The molecule has 0 fully saturated rings. The molecule has 0 saturated carbocycles. The van der Waals surface area contributed by atoms with Crippen LogP contribution in [0.3, 0.4) is 0 Å². The van der Waals surface area contributed by atoms with E-state index in [2.05, 4.69) is 0 Å². The number of carbonyl (C=O) groups excluding carboxylic acids is 1. The summed E-state index contributed by atoms with van der Waals surface area (Å²) in [5, 5.41) is 0.983. The van der Waals surface area contributed by atoms with Crippen molar-refractivity contribution in [1.82, 2.24) is 0 Å². The molecule has 0 aromatic heterocycles. The van der Waals surface area contributed by atoms with Gasteiger partial charge in [0.2, 0.25) is 0 Å². The van der Waals surface area contributed by atoms with Crippen LogP contribution in [0.2, 0.25) is 5.25 Å². The van der Waals surface area contributed by atoms with Gasteiger partial charge in [0, 0.05) is 0 Å². The van der Waals surface area contributed by atoms with E-state index in [9.17, 15) is 4.79 Å². The number of hydrogen-bond acceptors (Lipinski definition) is 1. The zero-order chi connectivity index (χ0) is 4.12. The average molecular weight is 131 g/mol. The van der Waals surface area contributed by atoms with Crippen LogP contribution in [0.15, 0.2) is 6.08 Å². The van der Waals surface area contributed by atoms with Gasteiger partial charge in [-0.25, -0.2) is 0 Å². The molecule has 0 saturated heterocycles. The molecule has 5 heavy (non-hydrogen) atoms.